The monoisotopic (exact) mass is 225 g/mol. The molecule has 0 bridgehead atoms. The van der Waals surface area contributed by atoms with Gasteiger partial charge in [0.15, 0.2) is 0 Å². The summed E-state index contributed by atoms with van der Waals surface area (Å²) >= 11 is 0. The summed E-state index contributed by atoms with van der Waals surface area (Å²) in [7, 11) is -4.25. The minimum Gasteiger partial charge on any atom is -0.325 e. The van der Waals surface area contributed by atoms with Crippen molar-refractivity contribution < 1.29 is 17.4 Å². The average Bonchev–Trinajstić information content (AvgIpc) is 2.51. The zero-order valence-electron chi connectivity index (χ0n) is 7.89. The van der Waals surface area contributed by atoms with E-state index in [1.807, 2.05) is 0 Å². The molecule has 0 radical (unpaired) electrons. The third kappa shape index (κ3) is 3.51. The molecule has 2 atom stereocenters. The number of alkyl halides is 1. The zero-order valence-corrected chi connectivity index (χ0v) is 8.71. The quantitative estimate of drug-likeness (QED) is 0.691. The topological polar surface area (TPSA) is 80.4 Å². The van der Waals surface area contributed by atoms with Crippen LogP contribution in [0, 0.1) is 5.92 Å². The van der Waals surface area contributed by atoms with Gasteiger partial charge < -0.3 is 5.73 Å². The van der Waals surface area contributed by atoms with Gasteiger partial charge in [0.05, 0.1) is 0 Å². The number of hydrogen-bond acceptors (Lipinski definition) is 3. The van der Waals surface area contributed by atoms with Gasteiger partial charge in [0.2, 0.25) is 0 Å². The van der Waals surface area contributed by atoms with Crippen LogP contribution in [-0.4, -0.2) is 30.9 Å². The Morgan fingerprint density at radius 2 is 1.93 bits per heavy atom. The van der Waals surface area contributed by atoms with Crippen LogP contribution >= 0.6 is 0 Å². The summed E-state index contributed by atoms with van der Waals surface area (Å²) in [6.45, 7) is 0. The molecule has 0 amide bonds. The van der Waals surface area contributed by atoms with Crippen molar-refractivity contribution >= 4 is 10.1 Å². The molecule has 0 heterocycles. The Hall–Kier alpha value is -0.200. The van der Waals surface area contributed by atoms with E-state index in [9.17, 15) is 12.8 Å². The fourth-order valence-electron chi connectivity index (χ4n) is 1.95. The molecule has 0 aliphatic heterocycles. The van der Waals surface area contributed by atoms with Crippen LogP contribution in [0.15, 0.2) is 0 Å². The Labute approximate surface area is 83.4 Å². The fraction of sp³-hybridized carbons (Fsp3) is 1.00. The van der Waals surface area contributed by atoms with Crippen LogP contribution in [0.5, 0.6) is 0 Å². The van der Waals surface area contributed by atoms with Crippen molar-refractivity contribution in [3.63, 3.8) is 0 Å². The SMILES string of the molecule is NC(C1CCCC1)[C@@H](F)CS(=O)(=O)O. The van der Waals surface area contributed by atoms with Crippen LogP contribution in [0.1, 0.15) is 25.7 Å². The number of hydrogen-bond donors (Lipinski definition) is 2. The highest BCUT2D eigenvalue weighted by Gasteiger charge is 2.31. The summed E-state index contributed by atoms with van der Waals surface area (Å²) in [6.07, 6.45) is 2.10. The summed E-state index contributed by atoms with van der Waals surface area (Å²) in [5, 5.41) is 0. The Bertz CT molecular complexity index is 274. The normalized spacial score (nSPS) is 23.6. The minimum absolute atomic E-state index is 0.0618. The molecule has 0 spiro atoms. The van der Waals surface area contributed by atoms with E-state index in [-0.39, 0.29) is 5.92 Å². The second-order valence-electron chi connectivity index (χ2n) is 3.89. The van der Waals surface area contributed by atoms with E-state index in [2.05, 4.69) is 0 Å². The highest BCUT2D eigenvalue weighted by Crippen LogP contribution is 2.28. The first kappa shape index (κ1) is 11.9. The molecule has 1 unspecified atom stereocenters. The van der Waals surface area contributed by atoms with Gasteiger partial charge in [-0.1, -0.05) is 12.8 Å². The molecule has 1 rings (SSSR count). The summed E-state index contributed by atoms with van der Waals surface area (Å²) in [5.74, 6) is -0.822. The number of halogens is 1. The molecule has 1 aliphatic carbocycles. The summed E-state index contributed by atoms with van der Waals surface area (Å²) in [5.41, 5.74) is 5.58. The second kappa shape index (κ2) is 4.55. The first-order valence-corrected chi connectivity index (χ1v) is 6.36. The molecule has 14 heavy (non-hydrogen) atoms. The van der Waals surface area contributed by atoms with Crippen molar-refractivity contribution in [2.24, 2.45) is 11.7 Å². The van der Waals surface area contributed by atoms with E-state index in [0.717, 1.165) is 25.7 Å². The lowest BCUT2D eigenvalue weighted by Crippen LogP contribution is -2.41. The average molecular weight is 225 g/mol. The Morgan fingerprint density at radius 3 is 2.36 bits per heavy atom. The third-order valence-electron chi connectivity index (χ3n) is 2.73. The molecule has 0 aromatic heterocycles. The van der Waals surface area contributed by atoms with Crippen LogP contribution in [0.2, 0.25) is 0 Å². The van der Waals surface area contributed by atoms with Gasteiger partial charge in [-0.2, -0.15) is 8.42 Å². The third-order valence-corrected chi connectivity index (χ3v) is 3.47. The molecule has 6 heteroatoms. The lowest BCUT2D eigenvalue weighted by atomic mass is 9.96. The summed E-state index contributed by atoms with van der Waals surface area (Å²) in [4.78, 5) is 0. The van der Waals surface area contributed by atoms with Crippen LogP contribution in [0.3, 0.4) is 0 Å². The molecule has 1 fully saturated rings. The van der Waals surface area contributed by atoms with E-state index in [4.69, 9.17) is 10.3 Å². The van der Waals surface area contributed by atoms with Gasteiger partial charge >= 0.3 is 0 Å². The van der Waals surface area contributed by atoms with Crippen LogP contribution in [0.4, 0.5) is 4.39 Å². The van der Waals surface area contributed by atoms with Crippen molar-refractivity contribution in [1.82, 2.24) is 0 Å². The fourth-order valence-corrected chi connectivity index (χ4v) is 2.57. The minimum atomic E-state index is -4.25. The van der Waals surface area contributed by atoms with Gasteiger partial charge in [0.1, 0.15) is 11.9 Å². The van der Waals surface area contributed by atoms with Crippen molar-refractivity contribution in [3.8, 4) is 0 Å². The number of nitrogens with two attached hydrogens (primary N) is 1. The Kier molecular flexibility index (Phi) is 3.86. The maximum atomic E-state index is 13.3. The predicted molar refractivity (Wildman–Crippen MR) is 51.2 cm³/mol. The maximum Gasteiger partial charge on any atom is 0.267 e. The smallest absolute Gasteiger partial charge is 0.267 e. The van der Waals surface area contributed by atoms with Gasteiger partial charge in [0, 0.05) is 6.04 Å². The predicted octanol–water partition coefficient (Wildman–Crippen LogP) is 0.730. The second-order valence-corrected chi connectivity index (χ2v) is 5.38. The molecule has 3 N–H and O–H groups in total. The molecule has 84 valence electrons. The van der Waals surface area contributed by atoms with Crippen LogP contribution in [0.25, 0.3) is 0 Å². The van der Waals surface area contributed by atoms with Crippen LogP contribution in [-0.2, 0) is 10.1 Å². The van der Waals surface area contributed by atoms with Gasteiger partial charge in [-0.25, -0.2) is 4.39 Å². The molecule has 1 aliphatic rings. The Morgan fingerprint density at radius 1 is 1.43 bits per heavy atom. The Balaban J connectivity index is 2.47. The molecule has 4 nitrogen and oxygen atoms in total. The molecular formula is C8H16FNO3S. The van der Waals surface area contributed by atoms with E-state index < -0.39 is 28.1 Å². The van der Waals surface area contributed by atoms with Gasteiger partial charge in [-0.3, -0.25) is 4.55 Å². The summed E-state index contributed by atoms with van der Waals surface area (Å²) in [6, 6.07) is -0.764. The van der Waals surface area contributed by atoms with Gasteiger partial charge in [0.25, 0.3) is 10.1 Å². The summed E-state index contributed by atoms with van der Waals surface area (Å²) < 4.78 is 42.6. The van der Waals surface area contributed by atoms with E-state index in [0.29, 0.717) is 0 Å². The molecule has 0 aromatic rings. The molecular weight excluding hydrogens is 209 g/mol. The van der Waals surface area contributed by atoms with Crippen LogP contribution < -0.4 is 5.73 Å². The van der Waals surface area contributed by atoms with E-state index in [1.54, 1.807) is 0 Å². The van der Waals surface area contributed by atoms with Crippen molar-refractivity contribution in [1.29, 1.82) is 0 Å². The molecule has 0 aromatic carbocycles. The zero-order chi connectivity index (χ0) is 10.8. The van der Waals surface area contributed by atoms with E-state index >= 15 is 0 Å². The van der Waals surface area contributed by atoms with Crippen molar-refractivity contribution in [3.05, 3.63) is 0 Å². The molecule has 0 saturated heterocycles. The standard InChI is InChI=1S/C8H16FNO3S/c9-7(5-14(11,12)13)8(10)6-3-1-2-4-6/h6-8H,1-5,10H2,(H,11,12,13)/t7-,8?/m0/s1. The van der Waals surface area contributed by atoms with E-state index in [1.165, 1.54) is 0 Å². The lowest BCUT2D eigenvalue weighted by Gasteiger charge is -2.21. The van der Waals surface area contributed by atoms with Crippen molar-refractivity contribution in [2.45, 2.75) is 37.9 Å². The highest BCUT2D eigenvalue weighted by atomic mass is 32.2. The van der Waals surface area contributed by atoms with Gasteiger partial charge in [-0.15, -0.1) is 0 Å². The highest BCUT2D eigenvalue weighted by molar-refractivity contribution is 7.85. The first-order valence-electron chi connectivity index (χ1n) is 4.75. The molecule has 1 saturated carbocycles. The van der Waals surface area contributed by atoms with Crippen molar-refractivity contribution in [2.75, 3.05) is 5.75 Å². The largest absolute Gasteiger partial charge is 0.325 e. The van der Waals surface area contributed by atoms with Gasteiger partial charge in [-0.05, 0) is 18.8 Å². The first-order chi connectivity index (χ1) is 6.40. The lowest BCUT2D eigenvalue weighted by molar-refractivity contribution is 0.245. The maximum absolute atomic E-state index is 13.3. The number of rotatable bonds is 4.